The van der Waals surface area contributed by atoms with Gasteiger partial charge in [-0.3, -0.25) is 9.52 Å². The van der Waals surface area contributed by atoms with Crippen LogP contribution in [-0.2, 0) is 16.4 Å². The van der Waals surface area contributed by atoms with Gasteiger partial charge in [0.15, 0.2) is 0 Å². The molecule has 2 aromatic carbocycles. The van der Waals surface area contributed by atoms with E-state index in [2.05, 4.69) is 29.1 Å². The van der Waals surface area contributed by atoms with Crippen LogP contribution in [0.15, 0.2) is 48.5 Å². The Morgan fingerprint density at radius 3 is 2.12 bits per heavy atom. The third-order valence-electron chi connectivity index (χ3n) is 4.04. The normalized spacial score (nSPS) is 12.4. The van der Waals surface area contributed by atoms with Crippen molar-refractivity contribution in [1.82, 2.24) is 5.32 Å². The van der Waals surface area contributed by atoms with Crippen molar-refractivity contribution >= 4 is 21.6 Å². The molecule has 0 fully saturated rings. The van der Waals surface area contributed by atoms with Crippen molar-refractivity contribution in [3.05, 3.63) is 65.2 Å². The number of aryl methyl sites for hydroxylation is 1. The highest BCUT2D eigenvalue weighted by Crippen LogP contribution is 2.16. The standard InChI is InChI=1S/C19H24N2O3S/c1-4-15-6-8-16(9-7-15)14(3)20-19(22)17-10-12-18(13-11-17)21-25(23,24)5-2/h6-14,21H,4-5H2,1-3H3,(H,20,22). The second-order valence-corrected chi connectivity index (χ2v) is 7.88. The highest BCUT2D eigenvalue weighted by Gasteiger charge is 2.12. The summed E-state index contributed by atoms with van der Waals surface area (Å²) in [5, 5.41) is 2.95. The Bertz CT molecular complexity index is 813. The van der Waals surface area contributed by atoms with E-state index in [4.69, 9.17) is 0 Å². The zero-order valence-electron chi connectivity index (χ0n) is 14.7. The molecular formula is C19H24N2O3S. The molecule has 1 amide bonds. The van der Waals surface area contributed by atoms with Crippen LogP contribution in [-0.4, -0.2) is 20.1 Å². The summed E-state index contributed by atoms with van der Waals surface area (Å²) >= 11 is 0. The average molecular weight is 360 g/mol. The van der Waals surface area contributed by atoms with Gasteiger partial charge >= 0.3 is 0 Å². The molecule has 0 saturated heterocycles. The van der Waals surface area contributed by atoms with Gasteiger partial charge in [0.25, 0.3) is 5.91 Å². The Balaban J connectivity index is 2.02. The van der Waals surface area contributed by atoms with Crippen LogP contribution in [0.3, 0.4) is 0 Å². The smallest absolute Gasteiger partial charge is 0.251 e. The first-order valence-electron chi connectivity index (χ1n) is 8.35. The zero-order valence-corrected chi connectivity index (χ0v) is 15.6. The van der Waals surface area contributed by atoms with E-state index >= 15 is 0 Å². The summed E-state index contributed by atoms with van der Waals surface area (Å²) in [5.74, 6) is -0.194. The number of amides is 1. The number of anilines is 1. The molecule has 2 aromatic rings. The van der Waals surface area contributed by atoms with Crippen LogP contribution in [0.25, 0.3) is 0 Å². The zero-order chi connectivity index (χ0) is 18.4. The Morgan fingerprint density at radius 2 is 1.60 bits per heavy atom. The fourth-order valence-electron chi connectivity index (χ4n) is 2.35. The molecule has 25 heavy (non-hydrogen) atoms. The Hall–Kier alpha value is -2.34. The van der Waals surface area contributed by atoms with Crippen molar-refractivity contribution in [1.29, 1.82) is 0 Å². The van der Waals surface area contributed by atoms with Crippen molar-refractivity contribution in [2.45, 2.75) is 33.2 Å². The van der Waals surface area contributed by atoms with Crippen molar-refractivity contribution in [2.24, 2.45) is 0 Å². The van der Waals surface area contributed by atoms with E-state index in [0.717, 1.165) is 12.0 Å². The fourth-order valence-corrected chi connectivity index (χ4v) is 2.99. The lowest BCUT2D eigenvalue weighted by atomic mass is 10.0. The van der Waals surface area contributed by atoms with Gasteiger partial charge in [-0.1, -0.05) is 31.2 Å². The first-order chi connectivity index (χ1) is 11.8. The van der Waals surface area contributed by atoms with Crippen LogP contribution >= 0.6 is 0 Å². The highest BCUT2D eigenvalue weighted by molar-refractivity contribution is 7.92. The number of sulfonamides is 1. The van der Waals surface area contributed by atoms with Crippen LogP contribution < -0.4 is 10.0 Å². The molecule has 0 aliphatic heterocycles. The Morgan fingerprint density at radius 1 is 1.00 bits per heavy atom. The van der Waals surface area contributed by atoms with E-state index in [0.29, 0.717) is 11.3 Å². The lowest BCUT2D eigenvalue weighted by Gasteiger charge is -2.15. The molecular weight excluding hydrogens is 336 g/mol. The second-order valence-electron chi connectivity index (χ2n) is 5.87. The van der Waals surface area contributed by atoms with E-state index in [1.807, 2.05) is 19.1 Å². The molecule has 0 bridgehead atoms. The van der Waals surface area contributed by atoms with Gasteiger partial charge in [-0.25, -0.2) is 8.42 Å². The van der Waals surface area contributed by atoms with E-state index < -0.39 is 10.0 Å². The lowest BCUT2D eigenvalue weighted by Crippen LogP contribution is -2.26. The van der Waals surface area contributed by atoms with Gasteiger partial charge in [0.2, 0.25) is 10.0 Å². The summed E-state index contributed by atoms with van der Waals surface area (Å²) < 4.78 is 25.5. The lowest BCUT2D eigenvalue weighted by molar-refractivity contribution is 0.0940. The molecule has 0 radical (unpaired) electrons. The monoisotopic (exact) mass is 360 g/mol. The number of benzene rings is 2. The largest absolute Gasteiger partial charge is 0.346 e. The maximum atomic E-state index is 12.4. The summed E-state index contributed by atoms with van der Waals surface area (Å²) in [7, 11) is -3.32. The predicted octanol–water partition coefficient (Wildman–Crippen LogP) is 3.50. The minimum atomic E-state index is -3.32. The third kappa shape index (κ3) is 5.32. The highest BCUT2D eigenvalue weighted by atomic mass is 32.2. The first-order valence-corrected chi connectivity index (χ1v) is 10.00. The molecule has 0 aliphatic carbocycles. The molecule has 5 nitrogen and oxygen atoms in total. The summed E-state index contributed by atoms with van der Waals surface area (Å²) in [6.07, 6.45) is 0.981. The molecule has 0 aromatic heterocycles. The molecule has 0 aliphatic rings. The first kappa shape index (κ1) is 19.0. The van der Waals surface area contributed by atoms with Gasteiger partial charge in [-0.05, 0) is 55.7 Å². The van der Waals surface area contributed by atoms with Crippen LogP contribution in [0, 0.1) is 0 Å². The molecule has 0 spiro atoms. The summed E-state index contributed by atoms with van der Waals surface area (Å²) in [6, 6.07) is 14.4. The molecule has 0 saturated carbocycles. The maximum Gasteiger partial charge on any atom is 0.251 e. The maximum absolute atomic E-state index is 12.4. The van der Waals surface area contributed by atoms with Crippen molar-refractivity contribution in [2.75, 3.05) is 10.5 Å². The molecule has 6 heteroatoms. The molecule has 2 rings (SSSR count). The summed E-state index contributed by atoms with van der Waals surface area (Å²) in [6.45, 7) is 5.60. The summed E-state index contributed by atoms with van der Waals surface area (Å²) in [4.78, 5) is 12.4. The van der Waals surface area contributed by atoms with Gasteiger partial charge in [-0.15, -0.1) is 0 Å². The third-order valence-corrected chi connectivity index (χ3v) is 5.34. The van der Waals surface area contributed by atoms with E-state index in [9.17, 15) is 13.2 Å². The fraction of sp³-hybridized carbons (Fsp3) is 0.316. The average Bonchev–Trinajstić information content (AvgIpc) is 2.62. The van der Waals surface area contributed by atoms with Crippen molar-refractivity contribution in [3.8, 4) is 0 Å². The SMILES string of the molecule is CCc1ccc(C(C)NC(=O)c2ccc(NS(=O)(=O)CC)cc2)cc1. The number of carbonyl (C=O) groups is 1. The quantitative estimate of drug-likeness (QED) is 0.793. The Labute approximate surface area is 149 Å². The van der Waals surface area contributed by atoms with Gasteiger partial charge < -0.3 is 5.32 Å². The predicted molar refractivity (Wildman–Crippen MR) is 101 cm³/mol. The molecule has 134 valence electrons. The van der Waals surface area contributed by atoms with Gasteiger partial charge in [0, 0.05) is 11.3 Å². The number of nitrogens with one attached hydrogen (secondary N) is 2. The van der Waals surface area contributed by atoms with Crippen LogP contribution in [0.1, 0.15) is 48.3 Å². The minimum Gasteiger partial charge on any atom is -0.346 e. The second kappa shape index (κ2) is 8.16. The van der Waals surface area contributed by atoms with E-state index in [-0.39, 0.29) is 17.7 Å². The van der Waals surface area contributed by atoms with Crippen molar-refractivity contribution in [3.63, 3.8) is 0 Å². The topological polar surface area (TPSA) is 75.3 Å². The van der Waals surface area contributed by atoms with E-state index in [1.54, 1.807) is 31.2 Å². The van der Waals surface area contributed by atoms with Crippen LogP contribution in [0.4, 0.5) is 5.69 Å². The molecule has 1 unspecified atom stereocenters. The number of rotatable bonds is 7. The number of hydrogen-bond acceptors (Lipinski definition) is 3. The van der Waals surface area contributed by atoms with E-state index in [1.165, 1.54) is 5.56 Å². The Kier molecular flexibility index (Phi) is 6.20. The number of carbonyl (C=O) groups excluding carboxylic acids is 1. The minimum absolute atomic E-state index is 0.00355. The van der Waals surface area contributed by atoms with Gasteiger partial charge in [-0.2, -0.15) is 0 Å². The molecule has 0 heterocycles. The van der Waals surface area contributed by atoms with Crippen molar-refractivity contribution < 1.29 is 13.2 Å². The van der Waals surface area contributed by atoms with Crippen LogP contribution in [0.2, 0.25) is 0 Å². The van der Waals surface area contributed by atoms with Gasteiger partial charge in [0.05, 0.1) is 11.8 Å². The van der Waals surface area contributed by atoms with Crippen LogP contribution in [0.5, 0.6) is 0 Å². The molecule has 2 N–H and O–H groups in total. The van der Waals surface area contributed by atoms with Gasteiger partial charge in [0.1, 0.15) is 0 Å². The molecule has 1 atom stereocenters. The summed E-state index contributed by atoms with van der Waals surface area (Å²) in [5.41, 5.74) is 3.23. The number of hydrogen-bond donors (Lipinski definition) is 2.